The van der Waals surface area contributed by atoms with Crippen LogP contribution in [0, 0.1) is 11.3 Å². The Balaban J connectivity index is 1.24. The third-order valence-electron chi connectivity index (χ3n) is 9.05. The number of hydrogen-bond acceptors (Lipinski definition) is 7. The van der Waals surface area contributed by atoms with E-state index in [2.05, 4.69) is 0 Å². The zero-order valence-electron chi connectivity index (χ0n) is 27.6. The predicted molar refractivity (Wildman–Crippen MR) is 173 cm³/mol. The van der Waals surface area contributed by atoms with Gasteiger partial charge in [-0.1, -0.05) is 68.4 Å². The van der Waals surface area contributed by atoms with Crippen molar-refractivity contribution >= 4 is 11.9 Å². The zero-order valence-corrected chi connectivity index (χ0v) is 27.6. The molecule has 0 aromatic heterocycles. The largest absolute Gasteiger partial charge is 0.493 e. The van der Waals surface area contributed by atoms with Crippen LogP contribution in [0.25, 0.3) is 0 Å². The average Bonchev–Trinajstić information content (AvgIpc) is 3.38. The first-order valence-electron chi connectivity index (χ1n) is 16.3. The summed E-state index contributed by atoms with van der Waals surface area (Å²) in [5, 5.41) is 0. The second kappa shape index (κ2) is 15.3. The number of benzene rings is 3. The van der Waals surface area contributed by atoms with Crippen LogP contribution in [0.2, 0.25) is 0 Å². The second-order valence-corrected chi connectivity index (χ2v) is 13.0. The molecule has 5 rings (SSSR count). The average molecular weight is 669 g/mol. The van der Waals surface area contributed by atoms with Gasteiger partial charge in [0.2, 0.25) is 5.91 Å². The number of halogens is 3. The molecule has 8 nitrogen and oxygen atoms in total. The van der Waals surface area contributed by atoms with E-state index in [1.54, 1.807) is 29.0 Å². The first kappa shape index (κ1) is 35.1. The Morgan fingerprint density at radius 1 is 0.854 bits per heavy atom. The van der Waals surface area contributed by atoms with Crippen molar-refractivity contribution in [3.8, 4) is 17.2 Å². The maximum atomic E-state index is 13.4. The minimum Gasteiger partial charge on any atom is -0.493 e. The number of piperidine rings is 1. The molecule has 1 unspecified atom stereocenters. The summed E-state index contributed by atoms with van der Waals surface area (Å²) in [6.45, 7) is 6.34. The van der Waals surface area contributed by atoms with Crippen molar-refractivity contribution in [1.82, 2.24) is 9.80 Å². The topological polar surface area (TPSA) is 77.5 Å². The van der Waals surface area contributed by atoms with Gasteiger partial charge in [0.05, 0.1) is 20.1 Å². The van der Waals surface area contributed by atoms with Crippen molar-refractivity contribution < 1.29 is 41.7 Å². The van der Waals surface area contributed by atoms with Crippen LogP contribution in [-0.4, -0.2) is 67.4 Å². The van der Waals surface area contributed by atoms with E-state index >= 15 is 0 Å². The summed E-state index contributed by atoms with van der Waals surface area (Å²) >= 11 is 0. The van der Waals surface area contributed by atoms with Crippen LogP contribution in [0.3, 0.4) is 0 Å². The van der Waals surface area contributed by atoms with Gasteiger partial charge in [-0.15, -0.1) is 0 Å². The van der Waals surface area contributed by atoms with Gasteiger partial charge in [-0.05, 0) is 54.5 Å². The van der Waals surface area contributed by atoms with Crippen molar-refractivity contribution in [3.05, 3.63) is 89.5 Å². The molecule has 2 fully saturated rings. The van der Waals surface area contributed by atoms with Crippen LogP contribution in [0.5, 0.6) is 17.2 Å². The molecule has 0 radical (unpaired) electrons. The van der Waals surface area contributed by atoms with Crippen LogP contribution in [0.4, 0.5) is 13.2 Å². The normalized spacial score (nSPS) is 17.8. The van der Waals surface area contributed by atoms with Crippen LogP contribution >= 0.6 is 0 Å². The fourth-order valence-corrected chi connectivity index (χ4v) is 6.44. The monoisotopic (exact) mass is 668 g/mol. The van der Waals surface area contributed by atoms with Gasteiger partial charge in [0, 0.05) is 37.2 Å². The quantitative estimate of drug-likeness (QED) is 0.197. The highest BCUT2D eigenvalue weighted by Crippen LogP contribution is 2.47. The summed E-state index contributed by atoms with van der Waals surface area (Å²) in [5.41, 5.74) is 1.86. The molecular formula is C37H43F3N2O6. The van der Waals surface area contributed by atoms with Gasteiger partial charge in [-0.2, -0.15) is 13.2 Å². The number of carbonyl (C=O) groups is 2. The highest BCUT2D eigenvalue weighted by molar-refractivity contribution is 5.79. The van der Waals surface area contributed by atoms with Crippen LogP contribution in [-0.2, 0) is 33.9 Å². The maximum absolute atomic E-state index is 13.4. The number of rotatable bonds is 12. The molecular weight excluding hydrogens is 625 g/mol. The summed E-state index contributed by atoms with van der Waals surface area (Å²) in [5.74, 6) is -0.267. The Morgan fingerprint density at radius 2 is 1.54 bits per heavy atom. The minimum absolute atomic E-state index is 0.0974. The summed E-state index contributed by atoms with van der Waals surface area (Å²) < 4.78 is 63.0. The van der Waals surface area contributed by atoms with Gasteiger partial charge < -0.3 is 23.8 Å². The molecule has 2 aliphatic rings. The van der Waals surface area contributed by atoms with Gasteiger partial charge in [0.1, 0.15) is 12.4 Å². The van der Waals surface area contributed by atoms with Crippen LogP contribution < -0.4 is 14.2 Å². The lowest BCUT2D eigenvalue weighted by Gasteiger charge is -2.43. The molecule has 1 spiro atoms. The number of esters is 1. The van der Waals surface area contributed by atoms with E-state index in [0.29, 0.717) is 75.3 Å². The SMILES string of the molecule is COc1cc(CC(=O)N2CCC3(CC2)CCN(Cc2ccccc2OCC(C)C)C3OC(=O)C(F)(F)F)ccc1OCc1ccccc1. The molecule has 1 atom stereocenters. The van der Waals surface area contributed by atoms with Crippen molar-refractivity contribution in [2.24, 2.45) is 11.3 Å². The number of nitrogens with zero attached hydrogens (tertiary/aromatic N) is 2. The highest BCUT2D eigenvalue weighted by atomic mass is 19.4. The van der Waals surface area contributed by atoms with E-state index in [1.165, 1.54) is 0 Å². The molecule has 258 valence electrons. The van der Waals surface area contributed by atoms with Crippen molar-refractivity contribution in [2.45, 2.75) is 65.1 Å². The van der Waals surface area contributed by atoms with Crippen molar-refractivity contribution in [1.29, 1.82) is 0 Å². The molecule has 1 amide bonds. The molecule has 0 bridgehead atoms. The molecule has 0 saturated carbocycles. The summed E-state index contributed by atoms with van der Waals surface area (Å²) in [7, 11) is 1.55. The van der Waals surface area contributed by atoms with Gasteiger partial charge in [-0.25, -0.2) is 4.79 Å². The van der Waals surface area contributed by atoms with E-state index in [0.717, 1.165) is 16.7 Å². The maximum Gasteiger partial charge on any atom is 0.490 e. The first-order chi connectivity index (χ1) is 23.0. The summed E-state index contributed by atoms with van der Waals surface area (Å²) in [4.78, 5) is 29.1. The Kier molecular flexibility index (Phi) is 11.2. The van der Waals surface area contributed by atoms with Gasteiger partial charge in [-0.3, -0.25) is 9.69 Å². The number of methoxy groups -OCH3 is 1. The fourth-order valence-electron chi connectivity index (χ4n) is 6.44. The molecule has 2 saturated heterocycles. The Hall–Kier alpha value is -4.25. The fraction of sp³-hybridized carbons (Fsp3) is 0.459. The van der Waals surface area contributed by atoms with E-state index in [-0.39, 0.29) is 18.9 Å². The van der Waals surface area contributed by atoms with Gasteiger partial charge in [0.25, 0.3) is 0 Å². The number of ether oxygens (including phenoxy) is 4. The van der Waals surface area contributed by atoms with Crippen LogP contribution in [0.15, 0.2) is 72.8 Å². The van der Waals surface area contributed by atoms with Gasteiger partial charge in [0.15, 0.2) is 17.7 Å². The number of hydrogen-bond donors (Lipinski definition) is 0. The summed E-state index contributed by atoms with van der Waals surface area (Å²) in [6, 6.07) is 22.6. The molecule has 0 N–H and O–H groups in total. The molecule has 2 aliphatic heterocycles. The first-order valence-corrected chi connectivity index (χ1v) is 16.3. The predicted octanol–water partition coefficient (Wildman–Crippen LogP) is 6.80. The molecule has 2 heterocycles. The Bertz CT molecular complexity index is 1540. The number of para-hydroxylation sites is 1. The standard InChI is InChI=1S/C37H43F3N2O6/c1-26(2)24-46-30-12-8-7-11-29(30)23-42-20-17-36(34(42)48-35(44)37(38,39)40)15-18-41(19-16-36)33(43)22-28-13-14-31(32(21-28)45-3)47-25-27-9-5-4-6-10-27/h4-14,21,26,34H,15-20,22-25H2,1-3H3. The lowest BCUT2D eigenvalue weighted by Crippen LogP contribution is -2.51. The van der Waals surface area contributed by atoms with Crippen molar-refractivity contribution in [3.63, 3.8) is 0 Å². The Labute approximate surface area is 279 Å². The molecule has 0 aliphatic carbocycles. The summed E-state index contributed by atoms with van der Waals surface area (Å²) in [6.07, 6.45) is -4.71. The van der Waals surface area contributed by atoms with E-state index in [4.69, 9.17) is 18.9 Å². The number of amides is 1. The third-order valence-corrected chi connectivity index (χ3v) is 9.05. The number of carbonyl (C=O) groups excluding carboxylic acids is 2. The molecule has 3 aromatic rings. The molecule has 3 aromatic carbocycles. The van der Waals surface area contributed by atoms with Gasteiger partial charge >= 0.3 is 12.1 Å². The number of likely N-dealkylation sites (tertiary alicyclic amines) is 2. The number of alkyl halides is 3. The molecule has 11 heteroatoms. The lowest BCUT2D eigenvalue weighted by molar-refractivity contribution is -0.220. The lowest BCUT2D eigenvalue weighted by atomic mass is 9.76. The Morgan fingerprint density at radius 3 is 2.23 bits per heavy atom. The zero-order chi connectivity index (χ0) is 34.3. The minimum atomic E-state index is -5.12. The van der Waals surface area contributed by atoms with E-state index in [1.807, 2.05) is 74.5 Å². The third kappa shape index (κ3) is 8.61. The second-order valence-electron chi connectivity index (χ2n) is 13.0. The van der Waals surface area contributed by atoms with E-state index in [9.17, 15) is 22.8 Å². The smallest absolute Gasteiger partial charge is 0.490 e. The highest BCUT2D eigenvalue weighted by Gasteiger charge is 2.54. The van der Waals surface area contributed by atoms with Crippen molar-refractivity contribution in [2.75, 3.05) is 33.4 Å². The van der Waals surface area contributed by atoms with Crippen LogP contribution in [0.1, 0.15) is 49.8 Å². The molecule has 48 heavy (non-hydrogen) atoms. The van der Waals surface area contributed by atoms with E-state index < -0.39 is 23.8 Å².